The lowest BCUT2D eigenvalue weighted by Crippen LogP contribution is -2.26. The number of benzene rings is 1. The summed E-state index contributed by atoms with van der Waals surface area (Å²) in [5.41, 5.74) is 1.85. The lowest BCUT2D eigenvalue weighted by atomic mass is 10.1. The van der Waals surface area contributed by atoms with E-state index in [2.05, 4.69) is 31.4 Å². The Labute approximate surface area is 90.9 Å². The van der Waals surface area contributed by atoms with Gasteiger partial charge in [-0.3, -0.25) is 4.79 Å². The van der Waals surface area contributed by atoms with Crippen LogP contribution in [0, 0.1) is 0 Å². The molecular formula is C12H18N2O. The van der Waals surface area contributed by atoms with E-state index in [4.69, 9.17) is 0 Å². The van der Waals surface area contributed by atoms with Crippen LogP contribution in [0.25, 0.3) is 0 Å². The van der Waals surface area contributed by atoms with Gasteiger partial charge >= 0.3 is 0 Å². The van der Waals surface area contributed by atoms with Crippen molar-refractivity contribution in [3.8, 4) is 0 Å². The highest BCUT2D eigenvalue weighted by Gasteiger charge is 2.09. The Morgan fingerprint density at radius 1 is 1.20 bits per heavy atom. The molecule has 3 nitrogen and oxygen atoms in total. The Balaban J connectivity index is 2.79. The summed E-state index contributed by atoms with van der Waals surface area (Å²) in [6, 6.07) is 7.69. The SMILES string of the molecule is CC(=O)Nc1cccc(NC(C)(C)C)c1. The standard InChI is InChI=1S/C12H18N2O/c1-9(15)13-10-6-5-7-11(8-10)14-12(2,3)4/h5-8,14H,1-4H3,(H,13,15). The van der Waals surface area contributed by atoms with E-state index in [0.717, 1.165) is 11.4 Å². The Hall–Kier alpha value is -1.51. The summed E-state index contributed by atoms with van der Waals surface area (Å²) in [6.45, 7) is 7.79. The molecule has 15 heavy (non-hydrogen) atoms. The summed E-state index contributed by atoms with van der Waals surface area (Å²) < 4.78 is 0. The maximum absolute atomic E-state index is 10.9. The van der Waals surface area contributed by atoms with Crippen LogP contribution in [0.3, 0.4) is 0 Å². The van der Waals surface area contributed by atoms with Gasteiger partial charge in [0.25, 0.3) is 0 Å². The van der Waals surface area contributed by atoms with Crippen LogP contribution in [0.15, 0.2) is 24.3 Å². The zero-order valence-corrected chi connectivity index (χ0v) is 9.72. The first-order valence-electron chi connectivity index (χ1n) is 5.03. The highest BCUT2D eigenvalue weighted by Crippen LogP contribution is 2.18. The third-order valence-electron chi connectivity index (χ3n) is 1.70. The molecule has 2 N–H and O–H groups in total. The first-order valence-corrected chi connectivity index (χ1v) is 5.03. The Morgan fingerprint density at radius 2 is 1.80 bits per heavy atom. The van der Waals surface area contributed by atoms with Crippen molar-refractivity contribution in [2.24, 2.45) is 0 Å². The van der Waals surface area contributed by atoms with Crippen LogP contribution in [0.4, 0.5) is 11.4 Å². The molecule has 0 aliphatic heterocycles. The molecule has 1 rings (SSSR count). The van der Waals surface area contributed by atoms with Crippen LogP contribution in [-0.2, 0) is 4.79 Å². The second-order valence-electron chi connectivity index (χ2n) is 4.64. The molecule has 1 amide bonds. The molecule has 0 radical (unpaired) electrons. The predicted molar refractivity (Wildman–Crippen MR) is 64.1 cm³/mol. The maximum Gasteiger partial charge on any atom is 0.221 e. The maximum atomic E-state index is 10.9. The molecule has 0 aliphatic carbocycles. The quantitative estimate of drug-likeness (QED) is 0.781. The average molecular weight is 206 g/mol. The van der Waals surface area contributed by atoms with Crippen molar-refractivity contribution in [2.75, 3.05) is 10.6 Å². The minimum atomic E-state index is -0.0529. The fraction of sp³-hybridized carbons (Fsp3) is 0.417. The second kappa shape index (κ2) is 4.34. The smallest absolute Gasteiger partial charge is 0.221 e. The number of carbonyl (C=O) groups excluding carboxylic acids is 1. The van der Waals surface area contributed by atoms with E-state index in [0.29, 0.717) is 0 Å². The van der Waals surface area contributed by atoms with Gasteiger partial charge in [0.1, 0.15) is 0 Å². The summed E-state index contributed by atoms with van der Waals surface area (Å²) in [5.74, 6) is -0.0529. The van der Waals surface area contributed by atoms with Crippen molar-refractivity contribution in [1.82, 2.24) is 0 Å². The third-order valence-corrected chi connectivity index (χ3v) is 1.70. The number of nitrogens with one attached hydrogen (secondary N) is 2. The number of amides is 1. The van der Waals surface area contributed by atoms with E-state index < -0.39 is 0 Å². The number of hydrogen-bond acceptors (Lipinski definition) is 2. The first-order chi connectivity index (χ1) is 6.87. The average Bonchev–Trinajstić information content (AvgIpc) is 1.99. The van der Waals surface area contributed by atoms with Crippen molar-refractivity contribution in [3.63, 3.8) is 0 Å². The van der Waals surface area contributed by atoms with E-state index in [1.54, 1.807) is 0 Å². The summed E-state index contributed by atoms with van der Waals surface area (Å²) >= 11 is 0. The lowest BCUT2D eigenvalue weighted by molar-refractivity contribution is -0.114. The van der Waals surface area contributed by atoms with Crippen LogP contribution in [0.5, 0.6) is 0 Å². The van der Waals surface area contributed by atoms with Gasteiger partial charge in [-0.05, 0) is 39.0 Å². The zero-order valence-electron chi connectivity index (χ0n) is 9.72. The molecule has 0 heterocycles. The predicted octanol–water partition coefficient (Wildman–Crippen LogP) is 2.86. The first kappa shape index (κ1) is 11.6. The molecule has 0 aliphatic rings. The minimum absolute atomic E-state index is 0.0227. The monoisotopic (exact) mass is 206 g/mol. The normalized spacial score (nSPS) is 10.9. The number of anilines is 2. The van der Waals surface area contributed by atoms with Crippen molar-refractivity contribution < 1.29 is 4.79 Å². The van der Waals surface area contributed by atoms with Crippen molar-refractivity contribution in [2.45, 2.75) is 33.2 Å². The molecule has 0 fully saturated rings. The van der Waals surface area contributed by atoms with Crippen LogP contribution < -0.4 is 10.6 Å². The molecule has 0 saturated carbocycles. The van der Waals surface area contributed by atoms with Crippen LogP contribution in [-0.4, -0.2) is 11.4 Å². The van der Waals surface area contributed by atoms with Crippen molar-refractivity contribution in [3.05, 3.63) is 24.3 Å². The molecule has 82 valence electrons. The van der Waals surface area contributed by atoms with Gasteiger partial charge < -0.3 is 10.6 Å². The number of rotatable bonds is 2. The minimum Gasteiger partial charge on any atom is -0.380 e. The van der Waals surface area contributed by atoms with E-state index in [1.165, 1.54) is 6.92 Å². The highest BCUT2D eigenvalue weighted by molar-refractivity contribution is 5.89. The van der Waals surface area contributed by atoms with Gasteiger partial charge in [-0.25, -0.2) is 0 Å². The van der Waals surface area contributed by atoms with Gasteiger partial charge in [0.05, 0.1) is 0 Å². The Morgan fingerprint density at radius 3 is 2.33 bits per heavy atom. The molecular weight excluding hydrogens is 188 g/mol. The van der Waals surface area contributed by atoms with E-state index in [9.17, 15) is 4.79 Å². The van der Waals surface area contributed by atoms with E-state index in [-0.39, 0.29) is 11.4 Å². The fourth-order valence-corrected chi connectivity index (χ4v) is 1.31. The highest BCUT2D eigenvalue weighted by atomic mass is 16.1. The summed E-state index contributed by atoms with van der Waals surface area (Å²) in [6.07, 6.45) is 0. The van der Waals surface area contributed by atoms with Gasteiger partial charge in [-0.15, -0.1) is 0 Å². The van der Waals surface area contributed by atoms with Gasteiger partial charge in [-0.1, -0.05) is 6.07 Å². The molecule has 0 atom stereocenters. The summed E-state index contributed by atoms with van der Waals surface area (Å²) in [7, 11) is 0. The lowest BCUT2D eigenvalue weighted by Gasteiger charge is -2.22. The largest absolute Gasteiger partial charge is 0.380 e. The molecule has 0 aromatic heterocycles. The van der Waals surface area contributed by atoms with Gasteiger partial charge in [-0.2, -0.15) is 0 Å². The molecule has 1 aromatic rings. The van der Waals surface area contributed by atoms with Crippen molar-refractivity contribution >= 4 is 17.3 Å². The van der Waals surface area contributed by atoms with E-state index >= 15 is 0 Å². The molecule has 3 heteroatoms. The van der Waals surface area contributed by atoms with Crippen LogP contribution in [0.1, 0.15) is 27.7 Å². The fourth-order valence-electron chi connectivity index (χ4n) is 1.31. The van der Waals surface area contributed by atoms with Gasteiger partial charge in [0, 0.05) is 23.8 Å². The summed E-state index contributed by atoms with van der Waals surface area (Å²) in [4.78, 5) is 10.9. The van der Waals surface area contributed by atoms with Crippen LogP contribution in [0.2, 0.25) is 0 Å². The molecule has 0 bridgehead atoms. The molecule has 0 spiro atoms. The molecule has 0 unspecified atom stereocenters. The topological polar surface area (TPSA) is 41.1 Å². The zero-order chi connectivity index (χ0) is 11.5. The van der Waals surface area contributed by atoms with Crippen molar-refractivity contribution in [1.29, 1.82) is 0 Å². The van der Waals surface area contributed by atoms with E-state index in [1.807, 2.05) is 24.3 Å². The van der Waals surface area contributed by atoms with Gasteiger partial charge in [0.2, 0.25) is 5.91 Å². The third kappa shape index (κ3) is 4.49. The number of carbonyl (C=O) groups is 1. The molecule has 1 aromatic carbocycles. The van der Waals surface area contributed by atoms with Gasteiger partial charge in [0.15, 0.2) is 0 Å². The Bertz CT molecular complexity index is 353. The molecule has 0 saturated heterocycles. The van der Waals surface area contributed by atoms with Crippen LogP contribution >= 0.6 is 0 Å². The number of hydrogen-bond donors (Lipinski definition) is 2. The Kier molecular flexibility index (Phi) is 3.35. The second-order valence-corrected chi connectivity index (χ2v) is 4.64. The summed E-state index contributed by atoms with van der Waals surface area (Å²) in [5, 5.41) is 6.10.